The molecule has 3 aromatic rings. The number of anilines is 2. The van der Waals surface area contributed by atoms with Gasteiger partial charge in [0.15, 0.2) is 12.4 Å². The molecule has 0 unspecified atom stereocenters. The molecule has 168 valence electrons. The van der Waals surface area contributed by atoms with E-state index in [9.17, 15) is 13.2 Å². The molecule has 0 fully saturated rings. The normalized spacial score (nSPS) is 13.6. The first-order valence-corrected chi connectivity index (χ1v) is 11.7. The summed E-state index contributed by atoms with van der Waals surface area (Å²) < 4.78 is 38.8. The summed E-state index contributed by atoms with van der Waals surface area (Å²) in [6, 6.07) is 9.97. The van der Waals surface area contributed by atoms with Gasteiger partial charge in [-0.05, 0) is 37.6 Å². The van der Waals surface area contributed by atoms with Crippen LogP contribution in [0, 0.1) is 13.8 Å². The molecule has 4 rings (SSSR count). The molecular formula is C21H21ClN4O5S. The van der Waals surface area contributed by atoms with E-state index in [0.717, 1.165) is 5.56 Å². The van der Waals surface area contributed by atoms with Gasteiger partial charge < -0.3 is 9.26 Å². The van der Waals surface area contributed by atoms with Crippen molar-refractivity contribution in [1.29, 1.82) is 0 Å². The lowest BCUT2D eigenvalue weighted by Gasteiger charge is -2.30. The van der Waals surface area contributed by atoms with Gasteiger partial charge in [-0.15, -0.1) is 0 Å². The van der Waals surface area contributed by atoms with Gasteiger partial charge in [-0.25, -0.2) is 8.42 Å². The number of amides is 1. The summed E-state index contributed by atoms with van der Waals surface area (Å²) in [5.41, 5.74) is 1.81. The first kappa shape index (κ1) is 22.1. The number of aryl methyl sites for hydroxylation is 2. The number of sulfonamides is 1. The maximum Gasteiger partial charge on any atom is 0.265 e. The fourth-order valence-corrected chi connectivity index (χ4v) is 5.49. The topological polar surface area (TPSA) is 106 Å². The molecule has 2 aromatic carbocycles. The Kier molecular flexibility index (Phi) is 5.83. The third-order valence-corrected chi connectivity index (χ3v) is 7.34. The number of rotatable bonds is 6. The van der Waals surface area contributed by atoms with Crippen molar-refractivity contribution in [3.8, 4) is 5.75 Å². The average molecular weight is 477 g/mol. The fraction of sp³-hybridized carbons (Fsp3) is 0.286. The molecule has 0 bridgehead atoms. The van der Waals surface area contributed by atoms with Crippen molar-refractivity contribution in [2.45, 2.75) is 32.2 Å². The Balaban J connectivity index is 1.75. The summed E-state index contributed by atoms with van der Waals surface area (Å²) in [6.45, 7) is 5.28. The molecular weight excluding hydrogens is 456 g/mol. The number of hydrogen-bond acceptors (Lipinski definition) is 7. The van der Waals surface area contributed by atoms with Crippen LogP contribution in [0.1, 0.15) is 24.2 Å². The Morgan fingerprint density at radius 2 is 2.00 bits per heavy atom. The molecule has 0 aliphatic carbocycles. The van der Waals surface area contributed by atoms with Crippen molar-refractivity contribution in [2.24, 2.45) is 0 Å². The van der Waals surface area contributed by atoms with Gasteiger partial charge >= 0.3 is 0 Å². The van der Waals surface area contributed by atoms with E-state index in [4.69, 9.17) is 20.9 Å². The highest BCUT2D eigenvalue weighted by Gasteiger charge is 2.33. The number of ether oxygens (including phenoxy) is 1. The van der Waals surface area contributed by atoms with Crippen molar-refractivity contribution < 1.29 is 22.5 Å². The van der Waals surface area contributed by atoms with Gasteiger partial charge in [-0.2, -0.15) is 4.98 Å². The van der Waals surface area contributed by atoms with Crippen LogP contribution in [0.2, 0.25) is 5.02 Å². The van der Waals surface area contributed by atoms with Crippen LogP contribution in [0.4, 0.5) is 11.4 Å². The summed E-state index contributed by atoms with van der Waals surface area (Å²) in [5.74, 6) is 0.582. The monoisotopic (exact) mass is 476 g/mol. The van der Waals surface area contributed by atoms with Crippen LogP contribution < -0.4 is 13.9 Å². The van der Waals surface area contributed by atoms with Gasteiger partial charge in [-0.3, -0.25) is 14.0 Å². The molecule has 9 nitrogen and oxygen atoms in total. The lowest BCUT2D eigenvalue weighted by atomic mass is 10.2. The molecule has 1 aromatic heterocycles. The quantitative estimate of drug-likeness (QED) is 0.536. The number of hydrogen-bond donors (Lipinski definition) is 0. The number of nitrogens with zero attached hydrogens (tertiary/aromatic N) is 4. The highest BCUT2D eigenvalue weighted by atomic mass is 35.5. The second-order valence-electron chi connectivity index (χ2n) is 7.26. The molecule has 1 aliphatic rings. The van der Waals surface area contributed by atoms with E-state index in [-0.39, 0.29) is 41.3 Å². The van der Waals surface area contributed by atoms with E-state index in [1.807, 2.05) is 13.0 Å². The average Bonchev–Trinajstić information content (AvgIpc) is 3.15. The van der Waals surface area contributed by atoms with E-state index in [1.165, 1.54) is 21.3 Å². The van der Waals surface area contributed by atoms with Crippen LogP contribution >= 0.6 is 11.6 Å². The Bertz CT molecular complexity index is 1290. The van der Waals surface area contributed by atoms with Crippen LogP contribution in [0.5, 0.6) is 5.75 Å². The van der Waals surface area contributed by atoms with Crippen LogP contribution in [0.15, 0.2) is 45.8 Å². The SMILES string of the molecule is CCN(c1cccc(C)c1)S(=O)(=O)c1cc2c(cc1Cl)N(Cc1noc(C)n1)C(=O)CO2. The largest absolute Gasteiger partial charge is 0.482 e. The summed E-state index contributed by atoms with van der Waals surface area (Å²) in [7, 11) is -3.99. The summed E-state index contributed by atoms with van der Waals surface area (Å²) in [5, 5.41) is 3.79. The molecule has 11 heteroatoms. The second kappa shape index (κ2) is 8.44. The number of benzene rings is 2. The van der Waals surface area contributed by atoms with Gasteiger partial charge in [-0.1, -0.05) is 28.9 Å². The maximum absolute atomic E-state index is 13.5. The van der Waals surface area contributed by atoms with Crippen molar-refractivity contribution in [2.75, 3.05) is 22.4 Å². The van der Waals surface area contributed by atoms with Gasteiger partial charge in [0.25, 0.3) is 15.9 Å². The van der Waals surface area contributed by atoms with Gasteiger partial charge in [0.1, 0.15) is 10.6 Å². The van der Waals surface area contributed by atoms with Crippen molar-refractivity contribution >= 4 is 38.9 Å². The zero-order valence-electron chi connectivity index (χ0n) is 17.7. The molecule has 2 heterocycles. The van der Waals surface area contributed by atoms with E-state index >= 15 is 0 Å². The lowest BCUT2D eigenvalue weighted by molar-refractivity contribution is -0.121. The maximum atomic E-state index is 13.5. The molecule has 0 N–H and O–H groups in total. The zero-order valence-corrected chi connectivity index (χ0v) is 19.3. The van der Waals surface area contributed by atoms with Crippen LogP contribution in [-0.2, 0) is 21.4 Å². The molecule has 32 heavy (non-hydrogen) atoms. The highest BCUT2D eigenvalue weighted by molar-refractivity contribution is 7.93. The number of halogens is 1. The van der Waals surface area contributed by atoms with Gasteiger partial charge in [0.2, 0.25) is 5.89 Å². The minimum atomic E-state index is -3.99. The first-order valence-electron chi connectivity index (χ1n) is 9.86. The Labute approximate surface area is 190 Å². The predicted octanol–water partition coefficient (Wildman–Crippen LogP) is 3.48. The zero-order chi connectivity index (χ0) is 23.0. The van der Waals surface area contributed by atoms with E-state index in [0.29, 0.717) is 23.1 Å². The molecule has 0 saturated heterocycles. The van der Waals surface area contributed by atoms with Crippen molar-refractivity contribution in [1.82, 2.24) is 10.1 Å². The number of fused-ring (bicyclic) bond motifs is 1. The minimum absolute atomic E-state index is 0.0255. The van der Waals surface area contributed by atoms with Crippen molar-refractivity contribution in [3.05, 3.63) is 58.7 Å². The number of aromatic nitrogens is 2. The van der Waals surface area contributed by atoms with Crippen LogP contribution in [0.25, 0.3) is 0 Å². The predicted molar refractivity (Wildman–Crippen MR) is 119 cm³/mol. The van der Waals surface area contributed by atoms with Crippen LogP contribution in [-0.4, -0.2) is 37.6 Å². The summed E-state index contributed by atoms with van der Waals surface area (Å²) in [4.78, 5) is 17.9. The molecule has 0 atom stereocenters. The Morgan fingerprint density at radius 3 is 2.66 bits per heavy atom. The number of carbonyl (C=O) groups excluding carboxylic acids is 1. The first-order chi connectivity index (χ1) is 15.2. The van der Waals surface area contributed by atoms with E-state index in [2.05, 4.69) is 10.1 Å². The smallest absolute Gasteiger partial charge is 0.265 e. The fourth-order valence-electron chi connectivity index (χ4n) is 3.51. The summed E-state index contributed by atoms with van der Waals surface area (Å²) >= 11 is 6.44. The lowest BCUT2D eigenvalue weighted by Crippen LogP contribution is -2.39. The molecule has 0 radical (unpaired) electrons. The second-order valence-corrected chi connectivity index (χ2v) is 9.50. The van der Waals surface area contributed by atoms with Crippen molar-refractivity contribution in [3.63, 3.8) is 0 Å². The minimum Gasteiger partial charge on any atom is -0.482 e. The Morgan fingerprint density at radius 1 is 1.22 bits per heavy atom. The van der Waals surface area contributed by atoms with E-state index < -0.39 is 10.0 Å². The third-order valence-electron chi connectivity index (χ3n) is 4.97. The van der Waals surface area contributed by atoms with Crippen LogP contribution in [0.3, 0.4) is 0 Å². The standard InChI is InChI=1S/C21H21ClN4O5S/c1-4-26(15-7-5-6-13(2)8-15)32(28,29)19-10-18-17(9-16(19)22)25(21(27)12-30-18)11-20-23-14(3)31-24-20/h5-10H,4,11-12H2,1-3H3. The molecule has 1 amide bonds. The van der Waals surface area contributed by atoms with E-state index in [1.54, 1.807) is 32.0 Å². The van der Waals surface area contributed by atoms with Gasteiger partial charge in [0.05, 0.1) is 22.9 Å². The third kappa shape index (κ3) is 4.03. The highest BCUT2D eigenvalue weighted by Crippen LogP contribution is 2.40. The van der Waals surface area contributed by atoms with Gasteiger partial charge in [0, 0.05) is 19.5 Å². The molecule has 0 spiro atoms. The summed E-state index contributed by atoms with van der Waals surface area (Å²) in [6.07, 6.45) is 0. The molecule has 0 saturated carbocycles. The number of carbonyl (C=O) groups is 1. The Hall–Kier alpha value is -3.11. The molecule has 1 aliphatic heterocycles.